The average molecular weight is 138 g/mol. The maximum atomic E-state index is 9.67. The van der Waals surface area contributed by atoms with Crippen LogP contribution in [0, 0.1) is 6.92 Å². The lowest BCUT2D eigenvalue weighted by atomic mass is 10.5. The summed E-state index contributed by atoms with van der Waals surface area (Å²) in [5.41, 5.74) is 0. The maximum Gasteiger partial charge on any atom is 0.397 e. The highest BCUT2D eigenvalue weighted by Gasteiger charge is 2.00. The molecule has 5 heteroatoms. The largest absolute Gasteiger partial charge is 0.397 e. The number of hydrogen-bond donors (Lipinski definition) is 1. The van der Waals surface area contributed by atoms with Gasteiger partial charge in [0.2, 0.25) is 0 Å². The van der Waals surface area contributed by atoms with Gasteiger partial charge < -0.3 is 0 Å². The molecule has 0 aromatic rings. The second-order valence-corrected chi connectivity index (χ2v) is 2.13. The van der Waals surface area contributed by atoms with Gasteiger partial charge in [0.1, 0.15) is 0 Å². The van der Waals surface area contributed by atoms with E-state index in [-0.39, 0.29) is 13.0 Å². The van der Waals surface area contributed by atoms with Gasteiger partial charge in [0.25, 0.3) is 0 Å². The Kier molecular flexibility index (Phi) is 2.96. The first-order valence-corrected chi connectivity index (χ1v) is 3.24. The lowest BCUT2D eigenvalue weighted by molar-refractivity contribution is 0.273. The quantitative estimate of drug-likeness (QED) is 0.553. The maximum absolute atomic E-state index is 9.67. The molecule has 48 valence electrons. The zero-order valence-corrected chi connectivity index (χ0v) is 4.89. The zero-order valence-electron chi connectivity index (χ0n) is 4.07. The van der Waals surface area contributed by atoms with Crippen molar-refractivity contribution in [2.45, 2.75) is 6.42 Å². The van der Waals surface area contributed by atoms with Gasteiger partial charge in [-0.15, -0.1) is 0 Å². The molecule has 0 unspecified atom stereocenters. The molecule has 0 amide bonds. The van der Waals surface area contributed by atoms with Gasteiger partial charge in [-0.1, -0.05) is 0 Å². The molecular formula is C3H6O4S. The molecule has 0 aliphatic carbocycles. The second-order valence-electron chi connectivity index (χ2n) is 1.04. The van der Waals surface area contributed by atoms with E-state index < -0.39 is 10.4 Å². The Morgan fingerprint density at radius 1 is 1.62 bits per heavy atom. The summed E-state index contributed by atoms with van der Waals surface area (Å²) in [6, 6.07) is 0. The van der Waals surface area contributed by atoms with Crippen molar-refractivity contribution < 1.29 is 17.2 Å². The molecule has 0 heterocycles. The summed E-state index contributed by atoms with van der Waals surface area (Å²) in [4.78, 5) is 0. The van der Waals surface area contributed by atoms with Crippen LogP contribution in [0.15, 0.2) is 0 Å². The summed E-state index contributed by atoms with van der Waals surface area (Å²) in [5.74, 6) is 0. The summed E-state index contributed by atoms with van der Waals surface area (Å²) in [6.45, 7) is 4.65. The molecule has 0 spiro atoms. The van der Waals surface area contributed by atoms with Crippen molar-refractivity contribution in [2.75, 3.05) is 6.61 Å². The molecule has 8 heavy (non-hydrogen) atoms. The fourth-order valence-electron chi connectivity index (χ4n) is 0.153. The van der Waals surface area contributed by atoms with Crippen molar-refractivity contribution >= 4 is 10.4 Å². The van der Waals surface area contributed by atoms with Crippen molar-refractivity contribution in [3.8, 4) is 0 Å². The van der Waals surface area contributed by atoms with Gasteiger partial charge in [0.15, 0.2) is 0 Å². The molecule has 0 aromatic heterocycles. The predicted octanol–water partition coefficient (Wildman–Crippen LogP) is -0.0930. The van der Waals surface area contributed by atoms with Crippen molar-refractivity contribution in [2.24, 2.45) is 0 Å². The fourth-order valence-corrected chi connectivity index (χ4v) is 0.460. The molecule has 0 bridgehead atoms. The highest BCUT2D eigenvalue weighted by Crippen LogP contribution is 1.86. The van der Waals surface area contributed by atoms with Gasteiger partial charge in [0, 0.05) is 0 Å². The molecule has 0 saturated heterocycles. The molecule has 0 rings (SSSR count). The van der Waals surface area contributed by atoms with Crippen LogP contribution >= 0.6 is 0 Å². The molecule has 0 fully saturated rings. The zero-order chi connectivity index (χ0) is 6.62. The highest BCUT2D eigenvalue weighted by molar-refractivity contribution is 7.80. The number of rotatable bonds is 3. The summed E-state index contributed by atoms with van der Waals surface area (Å²) in [6.07, 6.45) is 0.0692. The van der Waals surface area contributed by atoms with Crippen molar-refractivity contribution in [1.29, 1.82) is 0 Å². The van der Waals surface area contributed by atoms with Crippen molar-refractivity contribution in [3.63, 3.8) is 0 Å². The van der Waals surface area contributed by atoms with Crippen LogP contribution in [0.25, 0.3) is 0 Å². The van der Waals surface area contributed by atoms with Crippen LogP contribution in [-0.2, 0) is 14.6 Å². The van der Waals surface area contributed by atoms with Crippen molar-refractivity contribution in [3.05, 3.63) is 6.92 Å². The minimum atomic E-state index is -4.27. The molecule has 4 nitrogen and oxygen atoms in total. The van der Waals surface area contributed by atoms with Gasteiger partial charge in [-0.2, -0.15) is 8.42 Å². The Bertz CT molecular complexity index is 135. The van der Waals surface area contributed by atoms with E-state index >= 15 is 0 Å². The number of hydrogen-bond acceptors (Lipinski definition) is 3. The van der Waals surface area contributed by atoms with Gasteiger partial charge in [-0.25, -0.2) is 4.18 Å². The second kappa shape index (κ2) is 3.01. The summed E-state index contributed by atoms with van der Waals surface area (Å²) in [5, 5.41) is 0. The van der Waals surface area contributed by atoms with Crippen LogP contribution in [0.2, 0.25) is 0 Å². The van der Waals surface area contributed by atoms with Gasteiger partial charge in [0.05, 0.1) is 6.61 Å². The molecular weight excluding hydrogens is 132 g/mol. The summed E-state index contributed by atoms with van der Waals surface area (Å²) in [7, 11) is -4.27. The monoisotopic (exact) mass is 138 g/mol. The summed E-state index contributed by atoms with van der Waals surface area (Å²) >= 11 is 0. The Morgan fingerprint density at radius 3 is 2.25 bits per heavy atom. The van der Waals surface area contributed by atoms with E-state index in [9.17, 15) is 8.42 Å². The third-order valence-electron chi connectivity index (χ3n) is 0.350. The van der Waals surface area contributed by atoms with E-state index in [1.54, 1.807) is 0 Å². The lowest BCUT2D eigenvalue weighted by Crippen LogP contribution is -2.03. The smallest absolute Gasteiger partial charge is 0.264 e. The van der Waals surface area contributed by atoms with E-state index in [1.807, 2.05) is 0 Å². The first kappa shape index (κ1) is 7.87. The molecule has 1 N–H and O–H groups in total. The standard InChI is InChI=1S/C3H6O4S/c1-2-3-7-8(4,5)6/h1H,2-3H2,(H,4,5,6). The van der Waals surface area contributed by atoms with Crippen LogP contribution in [0.3, 0.4) is 0 Å². The molecule has 2 radical (unpaired) electrons. The van der Waals surface area contributed by atoms with Crippen LogP contribution in [-0.4, -0.2) is 19.6 Å². The molecule has 0 aliphatic heterocycles. The minimum Gasteiger partial charge on any atom is -0.264 e. The third-order valence-corrected chi connectivity index (χ3v) is 0.815. The molecule has 0 saturated carbocycles. The normalized spacial score (nSPS) is 11.8. The Labute approximate surface area is 48.4 Å². The van der Waals surface area contributed by atoms with E-state index in [2.05, 4.69) is 4.18 Å². The van der Waals surface area contributed by atoms with Gasteiger partial charge in [-0.3, -0.25) is 4.55 Å². The predicted molar refractivity (Wildman–Crippen MR) is 26.4 cm³/mol. The van der Waals surface area contributed by atoms with Crippen LogP contribution in [0.5, 0.6) is 0 Å². The van der Waals surface area contributed by atoms with Gasteiger partial charge in [-0.05, 0) is 13.3 Å². The Hall–Kier alpha value is -0.130. The first-order chi connectivity index (χ1) is 3.56. The van der Waals surface area contributed by atoms with Gasteiger partial charge >= 0.3 is 10.4 Å². The van der Waals surface area contributed by atoms with E-state index in [0.717, 1.165) is 0 Å². The Morgan fingerprint density at radius 2 is 2.12 bits per heavy atom. The molecule has 0 atom stereocenters. The van der Waals surface area contributed by atoms with E-state index in [4.69, 9.17) is 11.5 Å². The highest BCUT2D eigenvalue weighted by atomic mass is 32.3. The lowest BCUT2D eigenvalue weighted by Gasteiger charge is -1.92. The average Bonchev–Trinajstić information content (AvgIpc) is 1.59. The minimum absolute atomic E-state index is 0.0692. The van der Waals surface area contributed by atoms with Crippen LogP contribution in [0.4, 0.5) is 0 Å². The molecule has 0 aromatic carbocycles. The summed E-state index contributed by atoms with van der Waals surface area (Å²) < 4.78 is 31.0. The van der Waals surface area contributed by atoms with E-state index in [1.165, 1.54) is 0 Å². The fraction of sp³-hybridized carbons (Fsp3) is 0.667. The van der Waals surface area contributed by atoms with Crippen LogP contribution in [0.1, 0.15) is 6.42 Å². The topological polar surface area (TPSA) is 63.6 Å². The van der Waals surface area contributed by atoms with Crippen molar-refractivity contribution in [1.82, 2.24) is 0 Å². The third kappa shape index (κ3) is 5.87. The molecule has 0 aliphatic rings. The Balaban J connectivity index is 3.42. The van der Waals surface area contributed by atoms with E-state index in [0.29, 0.717) is 0 Å². The van der Waals surface area contributed by atoms with Crippen LogP contribution < -0.4 is 0 Å². The SMILES string of the molecule is [CH]CCOS(=O)(=O)O. The first-order valence-electron chi connectivity index (χ1n) is 1.88.